The fourth-order valence-corrected chi connectivity index (χ4v) is 1.83. The van der Waals surface area contributed by atoms with Gasteiger partial charge in [0.05, 0.1) is 12.1 Å². The quantitative estimate of drug-likeness (QED) is 0.781. The first-order chi connectivity index (χ1) is 9.22. The molecule has 0 fully saturated rings. The van der Waals surface area contributed by atoms with Gasteiger partial charge in [-0.3, -0.25) is 4.79 Å². The lowest BCUT2D eigenvalue weighted by molar-refractivity contribution is 0.112. The van der Waals surface area contributed by atoms with Crippen molar-refractivity contribution in [3.63, 3.8) is 0 Å². The monoisotopic (exact) mass is 276 g/mol. The lowest BCUT2D eigenvalue weighted by atomic mass is 10.2. The second-order valence-electron chi connectivity index (χ2n) is 3.94. The van der Waals surface area contributed by atoms with Gasteiger partial charge in [-0.05, 0) is 35.9 Å². The predicted molar refractivity (Wildman–Crippen MR) is 74.2 cm³/mol. The van der Waals surface area contributed by atoms with E-state index in [1.165, 1.54) is 0 Å². The molecule has 0 aliphatic rings. The van der Waals surface area contributed by atoms with E-state index in [0.29, 0.717) is 22.9 Å². The molecular formula is C15H13ClO3. The van der Waals surface area contributed by atoms with Gasteiger partial charge >= 0.3 is 0 Å². The van der Waals surface area contributed by atoms with Crippen molar-refractivity contribution in [2.75, 3.05) is 7.11 Å². The average molecular weight is 277 g/mol. The number of hydrogen-bond donors (Lipinski definition) is 0. The third kappa shape index (κ3) is 3.48. The first-order valence-corrected chi connectivity index (χ1v) is 6.11. The molecule has 2 rings (SSSR count). The van der Waals surface area contributed by atoms with E-state index >= 15 is 0 Å². The van der Waals surface area contributed by atoms with Gasteiger partial charge in [-0.25, -0.2) is 0 Å². The van der Waals surface area contributed by atoms with E-state index < -0.39 is 0 Å². The number of halogens is 1. The molecule has 4 heteroatoms. The summed E-state index contributed by atoms with van der Waals surface area (Å²) in [6, 6.07) is 12.5. The fourth-order valence-electron chi connectivity index (χ4n) is 1.59. The standard InChI is InChI=1S/C15H13ClO3/c1-18-13-5-2-11(3-6-13)10-19-15-7-4-12(9-17)8-14(15)16/h2-9H,10H2,1H3. The van der Waals surface area contributed by atoms with Crippen molar-refractivity contribution in [3.05, 3.63) is 58.6 Å². The SMILES string of the molecule is COc1ccc(COc2ccc(C=O)cc2Cl)cc1. The Morgan fingerprint density at radius 2 is 1.89 bits per heavy atom. The Labute approximate surface area is 116 Å². The molecule has 3 nitrogen and oxygen atoms in total. The van der Waals surface area contributed by atoms with Crippen molar-refractivity contribution in [3.8, 4) is 11.5 Å². The van der Waals surface area contributed by atoms with Crippen molar-refractivity contribution in [1.29, 1.82) is 0 Å². The molecule has 0 amide bonds. The number of carbonyl (C=O) groups is 1. The van der Waals surface area contributed by atoms with E-state index in [1.54, 1.807) is 25.3 Å². The van der Waals surface area contributed by atoms with E-state index in [0.717, 1.165) is 17.6 Å². The molecule has 0 aromatic heterocycles. The van der Waals surface area contributed by atoms with Gasteiger partial charge in [0.15, 0.2) is 0 Å². The summed E-state index contributed by atoms with van der Waals surface area (Å²) < 4.78 is 10.7. The summed E-state index contributed by atoms with van der Waals surface area (Å²) >= 11 is 6.02. The van der Waals surface area contributed by atoms with Gasteiger partial charge in [-0.15, -0.1) is 0 Å². The number of rotatable bonds is 5. The van der Waals surface area contributed by atoms with Crippen LogP contribution in [0.1, 0.15) is 15.9 Å². The Morgan fingerprint density at radius 1 is 1.16 bits per heavy atom. The first-order valence-electron chi connectivity index (χ1n) is 5.73. The highest BCUT2D eigenvalue weighted by Crippen LogP contribution is 2.26. The largest absolute Gasteiger partial charge is 0.497 e. The van der Waals surface area contributed by atoms with Crippen molar-refractivity contribution >= 4 is 17.9 Å². The average Bonchev–Trinajstić information content (AvgIpc) is 2.46. The summed E-state index contributed by atoms with van der Waals surface area (Å²) in [6.07, 6.45) is 0.749. The van der Waals surface area contributed by atoms with Gasteiger partial charge in [0.1, 0.15) is 24.4 Å². The van der Waals surface area contributed by atoms with Gasteiger partial charge in [-0.2, -0.15) is 0 Å². The van der Waals surface area contributed by atoms with E-state index in [2.05, 4.69) is 0 Å². The fraction of sp³-hybridized carbons (Fsp3) is 0.133. The Hall–Kier alpha value is -2.00. The molecule has 0 saturated carbocycles. The Kier molecular flexibility index (Phi) is 4.42. The summed E-state index contributed by atoms with van der Waals surface area (Å²) in [4.78, 5) is 10.6. The number of hydrogen-bond acceptors (Lipinski definition) is 3. The number of methoxy groups -OCH3 is 1. The molecule has 0 heterocycles. The third-order valence-electron chi connectivity index (χ3n) is 2.65. The van der Waals surface area contributed by atoms with Gasteiger partial charge in [0.25, 0.3) is 0 Å². The predicted octanol–water partition coefficient (Wildman–Crippen LogP) is 3.74. The highest BCUT2D eigenvalue weighted by atomic mass is 35.5. The normalized spacial score (nSPS) is 10.0. The van der Waals surface area contributed by atoms with Crippen molar-refractivity contribution in [2.24, 2.45) is 0 Å². The van der Waals surface area contributed by atoms with Crippen LogP contribution in [-0.4, -0.2) is 13.4 Å². The Balaban J connectivity index is 2.03. The van der Waals surface area contributed by atoms with Crippen LogP contribution < -0.4 is 9.47 Å². The van der Waals surface area contributed by atoms with Crippen LogP contribution in [0.3, 0.4) is 0 Å². The van der Waals surface area contributed by atoms with Gasteiger partial charge in [0, 0.05) is 5.56 Å². The van der Waals surface area contributed by atoms with Crippen LogP contribution in [0, 0.1) is 0 Å². The molecular weight excluding hydrogens is 264 g/mol. The van der Waals surface area contributed by atoms with E-state index in [4.69, 9.17) is 21.1 Å². The highest BCUT2D eigenvalue weighted by molar-refractivity contribution is 6.32. The second kappa shape index (κ2) is 6.25. The van der Waals surface area contributed by atoms with Crippen LogP contribution in [0.15, 0.2) is 42.5 Å². The van der Waals surface area contributed by atoms with Gasteiger partial charge in [-0.1, -0.05) is 23.7 Å². The van der Waals surface area contributed by atoms with Gasteiger partial charge < -0.3 is 9.47 Å². The van der Waals surface area contributed by atoms with Crippen LogP contribution in [0.25, 0.3) is 0 Å². The van der Waals surface area contributed by atoms with E-state index in [9.17, 15) is 4.79 Å². The summed E-state index contributed by atoms with van der Waals surface area (Å²) in [7, 11) is 1.62. The molecule has 0 radical (unpaired) electrons. The minimum atomic E-state index is 0.407. The molecule has 19 heavy (non-hydrogen) atoms. The minimum Gasteiger partial charge on any atom is -0.497 e. The smallest absolute Gasteiger partial charge is 0.150 e. The van der Waals surface area contributed by atoms with Crippen LogP contribution in [-0.2, 0) is 6.61 Å². The molecule has 0 N–H and O–H groups in total. The lowest BCUT2D eigenvalue weighted by Crippen LogP contribution is -1.96. The van der Waals surface area contributed by atoms with E-state index in [-0.39, 0.29) is 0 Å². The molecule has 2 aromatic carbocycles. The number of ether oxygens (including phenoxy) is 2. The van der Waals surface area contributed by atoms with Crippen LogP contribution >= 0.6 is 11.6 Å². The summed E-state index contributed by atoms with van der Waals surface area (Å²) in [5.41, 5.74) is 1.54. The molecule has 98 valence electrons. The third-order valence-corrected chi connectivity index (χ3v) is 2.94. The van der Waals surface area contributed by atoms with Crippen LogP contribution in [0.5, 0.6) is 11.5 Å². The first kappa shape index (κ1) is 13.4. The summed E-state index contributed by atoms with van der Waals surface area (Å²) in [5, 5.41) is 0.429. The molecule has 0 unspecified atom stereocenters. The summed E-state index contributed by atoms with van der Waals surface area (Å²) in [5.74, 6) is 1.36. The molecule has 0 atom stereocenters. The Bertz CT molecular complexity index is 564. The van der Waals surface area contributed by atoms with Crippen molar-refractivity contribution in [1.82, 2.24) is 0 Å². The zero-order chi connectivity index (χ0) is 13.7. The molecule has 0 bridgehead atoms. The maximum Gasteiger partial charge on any atom is 0.150 e. The highest BCUT2D eigenvalue weighted by Gasteiger charge is 2.03. The van der Waals surface area contributed by atoms with Crippen molar-refractivity contribution in [2.45, 2.75) is 6.61 Å². The minimum absolute atomic E-state index is 0.407. The van der Waals surface area contributed by atoms with Crippen LogP contribution in [0.2, 0.25) is 5.02 Å². The molecule has 0 saturated heterocycles. The lowest BCUT2D eigenvalue weighted by Gasteiger charge is -2.09. The molecule has 0 aliphatic heterocycles. The second-order valence-corrected chi connectivity index (χ2v) is 4.35. The zero-order valence-electron chi connectivity index (χ0n) is 10.4. The van der Waals surface area contributed by atoms with Crippen molar-refractivity contribution < 1.29 is 14.3 Å². The summed E-state index contributed by atoms with van der Waals surface area (Å²) in [6.45, 7) is 0.407. The number of carbonyl (C=O) groups excluding carboxylic acids is 1. The maximum absolute atomic E-state index is 10.6. The zero-order valence-corrected chi connectivity index (χ0v) is 11.2. The maximum atomic E-state index is 10.6. The number of aldehydes is 1. The number of benzene rings is 2. The van der Waals surface area contributed by atoms with E-state index in [1.807, 2.05) is 24.3 Å². The molecule has 0 spiro atoms. The molecule has 0 aliphatic carbocycles. The Morgan fingerprint density at radius 3 is 2.47 bits per heavy atom. The van der Waals surface area contributed by atoms with Crippen LogP contribution in [0.4, 0.5) is 0 Å². The van der Waals surface area contributed by atoms with Gasteiger partial charge in [0.2, 0.25) is 0 Å². The molecule has 2 aromatic rings. The topological polar surface area (TPSA) is 35.5 Å².